The molecule has 0 spiro atoms. The van der Waals surface area contributed by atoms with Gasteiger partial charge in [-0.3, -0.25) is 0 Å². The van der Waals surface area contributed by atoms with Crippen LogP contribution in [-0.4, -0.2) is 15.0 Å². The molecule has 3 rings (SSSR count). The fourth-order valence-corrected chi connectivity index (χ4v) is 2.62. The van der Waals surface area contributed by atoms with Gasteiger partial charge < -0.3 is 4.98 Å². The number of pyridine rings is 1. The van der Waals surface area contributed by atoms with Crippen molar-refractivity contribution >= 4 is 54.6 Å². The third-order valence-electron chi connectivity index (χ3n) is 2.49. The highest BCUT2D eigenvalue weighted by atomic mass is 79.9. The number of nitrogens with one attached hydrogen (secondary N) is 1. The highest BCUT2D eigenvalue weighted by Crippen LogP contribution is 2.30. The number of rotatable bonds is 1. The molecule has 90 valence electrons. The Morgan fingerprint density at radius 1 is 1.17 bits per heavy atom. The first-order chi connectivity index (χ1) is 8.63. The molecule has 3 aromatic rings. The SMILES string of the molecule is Clc1ccc(Br)c(-c2nc3ncc(Br)cc3[nH]2)c1. The van der Waals surface area contributed by atoms with E-state index in [-0.39, 0.29) is 0 Å². The summed E-state index contributed by atoms with van der Waals surface area (Å²) in [6.07, 6.45) is 1.72. The van der Waals surface area contributed by atoms with Gasteiger partial charge in [-0.1, -0.05) is 27.5 Å². The number of hydrogen-bond acceptors (Lipinski definition) is 2. The van der Waals surface area contributed by atoms with E-state index in [2.05, 4.69) is 46.8 Å². The van der Waals surface area contributed by atoms with Crippen LogP contribution in [0.5, 0.6) is 0 Å². The van der Waals surface area contributed by atoms with Gasteiger partial charge in [0.25, 0.3) is 0 Å². The smallest absolute Gasteiger partial charge is 0.178 e. The summed E-state index contributed by atoms with van der Waals surface area (Å²) in [5.74, 6) is 0.741. The van der Waals surface area contributed by atoms with Crippen LogP contribution in [0.4, 0.5) is 0 Å². The lowest BCUT2D eigenvalue weighted by atomic mass is 10.2. The number of H-pyrrole nitrogens is 1. The summed E-state index contributed by atoms with van der Waals surface area (Å²) in [4.78, 5) is 11.9. The van der Waals surface area contributed by atoms with Crippen molar-refractivity contribution in [2.75, 3.05) is 0 Å². The van der Waals surface area contributed by atoms with E-state index in [1.807, 2.05) is 24.3 Å². The van der Waals surface area contributed by atoms with E-state index >= 15 is 0 Å². The predicted octanol–water partition coefficient (Wildman–Crippen LogP) is 4.80. The zero-order valence-corrected chi connectivity index (χ0v) is 12.8. The monoisotopic (exact) mass is 385 g/mol. The highest BCUT2D eigenvalue weighted by molar-refractivity contribution is 9.10. The third kappa shape index (κ3) is 2.18. The summed E-state index contributed by atoms with van der Waals surface area (Å²) in [6.45, 7) is 0. The molecule has 18 heavy (non-hydrogen) atoms. The van der Waals surface area contributed by atoms with Crippen LogP contribution < -0.4 is 0 Å². The minimum Gasteiger partial charge on any atom is -0.337 e. The van der Waals surface area contributed by atoms with Gasteiger partial charge in [-0.05, 0) is 40.2 Å². The average molecular weight is 387 g/mol. The minimum atomic E-state index is 0.669. The Labute approximate surface area is 125 Å². The maximum Gasteiger partial charge on any atom is 0.178 e. The molecule has 0 unspecified atom stereocenters. The number of benzene rings is 1. The van der Waals surface area contributed by atoms with Gasteiger partial charge in [-0.15, -0.1) is 0 Å². The third-order valence-corrected chi connectivity index (χ3v) is 3.85. The highest BCUT2D eigenvalue weighted by Gasteiger charge is 2.10. The number of aromatic nitrogens is 3. The fourth-order valence-electron chi connectivity index (χ4n) is 1.68. The van der Waals surface area contributed by atoms with E-state index in [4.69, 9.17) is 11.6 Å². The van der Waals surface area contributed by atoms with E-state index in [0.717, 1.165) is 25.8 Å². The van der Waals surface area contributed by atoms with Crippen LogP contribution in [-0.2, 0) is 0 Å². The average Bonchev–Trinajstić information content (AvgIpc) is 2.74. The number of fused-ring (bicyclic) bond motifs is 1. The molecule has 0 aliphatic heterocycles. The van der Waals surface area contributed by atoms with Crippen molar-refractivity contribution < 1.29 is 0 Å². The fraction of sp³-hybridized carbons (Fsp3) is 0. The molecule has 6 heteroatoms. The van der Waals surface area contributed by atoms with Crippen molar-refractivity contribution in [3.05, 3.63) is 44.4 Å². The van der Waals surface area contributed by atoms with Gasteiger partial charge in [0.15, 0.2) is 5.65 Å². The maximum absolute atomic E-state index is 6.01. The molecular formula is C12H6Br2ClN3. The van der Waals surface area contributed by atoms with Crippen molar-refractivity contribution in [1.29, 1.82) is 0 Å². The Balaban J connectivity index is 2.22. The van der Waals surface area contributed by atoms with Crippen LogP contribution in [0.1, 0.15) is 0 Å². The molecule has 0 amide bonds. The second-order valence-electron chi connectivity index (χ2n) is 3.73. The molecule has 0 fully saturated rings. The quantitative estimate of drug-likeness (QED) is 0.651. The molecule has 1 aromatic carbocycles. The van der Waals surface area contributed by atoms with Crippen LogP contribution in [0.2, 0.25) is 5.02 Å². The molecule has 0 saturated heterocycles. The molecule has 3 nitrogen and oxygen atoms in total. The number of nitrogens with zero attached hydrogens (tertiary/aromatic N) is 2. The largest absolute Gasteiger partial charge is 0.337 e. The lowest BCUT2D eigenvalue weighted by Crippen LogP contribution is -1.82. The predicted molar refractivity (Wildman–Crippen MR) is 79.7 cm³/mol. The molecule has 0 aliphatic rings. The second kappa shape index (κ2) is 4.64. The van der Waals surface area contributed by atoms with E-state index in [0.29, 0.717) is 10.7 Å². The van der Waals surface area contributed by atoms with Crippen molar-refractivity contribution in [2.24, 2.45) is 0 Å². The molecule has 0 atom stereocenters. The summed E-state index contributed by atoms with van der Waals surface area (Å²) < 4.78 is 1.85. The molecule has 0 radical (unpaired) electrons. The minimum absolute atomic E-state index is 0.669. The zero-order chi connectivity index (χ0) is 12.7. The molecule has 1 N–H and O–H groups in total. The Morgan fingerprint density at radius 3 is 2.83 bits per heavy atom. The lowest BCUT2D eigenvalue weighted by molar-refractivity contribution is 1.29. The Bertz CT molecular complexity index is 739. The Kier molecular flexibility index (Phi) is 3.13. The van der Waals surface area contributed by atoms with E-state index in [1.165, 1.54) is 0 Å². The van der Waals surface area contributed by atoms with Crippen LogP contribution >= 0.6 is 43.5 Å². The van der Waals surface area contributed by atoms with Gasteiger partial charge in [0.05, 0.1) is 5.52 Å². The first kappa shape index (κ1) is 12.1. The van der Waals surface area contributed by atoms with Crippen molar-refractivity contribution in [1.82, 2.24) is 15.0 Å². The van der Waals surface area contributed by atoms with E-state index < -0.39 is 0 Å². The standard InChI is InChI=1S/C12H6Br2ClN3/c13-6-3-10-12(16-5-6)18-11(17-10)8-4-7(15)1-2-9(8)14/h1-5H,(H,16,17,18). The number of halogens is 3. The van der Waals surface area contributed by atoms with Gasteiger partial charge in [-0.25, -0.2) is 9.97 Å². The van der Waals surface area contributed by atoms with Crippen LogP contribution in [0, 0.1) is 0 Å². The summed E-state index contributed by atoms with van der Waals surface area (Å²) in [6, 6.07) is 7.52. The molecule has 0 bridgehead atoms. The normalized spacial score (nSPS) is 11.1. The van der Waals surface area contributed by atoms with Gasteiger partial charge in [-0.2, -0.15) is 0 Å². The lowest BCUT2D eigenvalue weighted by Gasteiger charge is -2.00. The van der Waals surface area contributed by atoms with Gasteiger partial charge in [0.1, 0.15) is 5.82 Å². The van der Waals surface area contributed by atoms with Crippen LogP contribution in [0.15, 0.2) is 39.4 Å². The summed E-state index contributed by atoms with van der Waals surface area (Å²) in [5, 5.41) is 0.669. The molecule has 0 saturated carbocycles. The summed E-state index contributed by atoms with van der Waals surface area (Å²) in [5.41, 5.74) is 2.47. The van der Waals surface area contributed by atoms with Crippen LogP contribution in [0.3, 0.4) is 0 Å². The number of aromatic amines is 1. The van der Waals surface area contributed by atoms with Crippen LogP contribution in [0.25, 0.3) is 22.6 Å². The van der Waals surface area contributed by atoms with Crippen molar-refractivity contribution in [3.8, 4) is 11.4 Å². The van der Waals surface area contributed by atoms with E-state index in [1.54, 1.807) is 6.20 Å². The first-order valence-electron chi connectivity index (χ1n) is 5.10. The molecular weight excluding hydrogens is 381 g/mol. The van der Waals surface area contributed by atoms with Gasteiger partial charge >= 0.3 is 0 Å². The Hall–Kier alpha value is -0.910. The van der Waals surface area contributed by atoms with Gasteiger partial charge in [0.2, 0.25) is 0 Å². The van der Waals surface area contributed by atoms with E-state index in [9.17, 15) is 0 Å². The summed E-state index contributed by atoms with van der Waals surface area (Å²) >= 11 is 12.9. The van der Waals surface area contributed by atoms with Gasteiger partial charge in [0, 0.05) is 25.7 Å². The number of hydrogen-bond donors (Lipinski definition) is 1. The zero-order valence-electron chi connectivity index (χ0n) is 8.92. The molecule has 2 heterocycles. The van der Waals surface area contributed by atoms with Crippen molar-refractivity contribution in [3.63, 3.8) is 0 Å². The number of imidazole rings is 1. The summed E-state index contributed by atoms with van der Waals surface area (Å²) in [7, 11) is 0. The Morgan fingerprint density at radius 2 is 2.00 bits per heavy atom. The molecule has 2 aromatic heterocycles. The molecule has 0 aliphatic carbocycles. The maximum atomic E-state index is 6.01. The topological polar surface area (TPSA) is 41.6 Å². The first-order valence-corrected chi connectivity index (χ1v) is 7.06. The second-order valence-corrected chi connectivity index (χ2v) is 5.94. The van der Waals surface area contributed by atoms with Crippen molar-refractivity contribution in [2.45, 2.75) is 0 Å².